The van der Waals surface area contributed by atoms with Crippen molar-refractivity contribution in [2.75, 3.05) is 19.7 Å². The first-order chi connectivity index (χ1) is 10.6. The highest BCUT2D eigenvalue weighted by Gasteiger charge is 2.46. The van der Waals surface area contributed by atoms with E-state index < -0.39 is 0 Å². The first-order valence-electron chi connectivity index (χ1n) is 7.99. The van der Waals surface area contributed by atoms with Crippen molar-refractivity contribution in [2.24, 2.45) is 11.3 Å². The normalized spacial score (nSPS) is 20.7. The summed E-state index contributed by atoms with van der Waals surface area (Å²) in [6, 6.07) is 0. The number of amides is 1. The molecule has 2 aliphatic rings. The molecule has 3 rings (SSSR count). The molecule has 22 heavy (non-hydrogen) atoms. The molecule has 2 fully saturated rings. The van der Waals surface area contributed by atoms with Gasteiger partial charge in [0.2, 0.25) is 0 Å². The van der Waals surface area contributed by atoms with Crippen LogP contribution in [0.1, 0.15) is 49.5 Å². The molecule has 2 heterocycles. The quantitative estimate of drug-likeness (QED) is 0.782. The standard InChI is InChI=1S/C16H22N2O3S/c1-2-21-15(20)16(9-12-3-4-12)5-7-18(8-6-16)14(19)13-10-22-11-17-13/h10-12H,2-9H2,1H3. The zero-order chi connectivity index (χ0) is 15.6. The second kappa shape index (κ2) is 6.36. The number of hydrogen-bond acceptors (Lipinski definition) is 5. The lowest BCUT2D eigenvalue weighted by Gasteiger charge is -2.40. The van der Waals surface area contributed by atoms with Gasteiger partial charge >= 0.3 is 5.97 Å². The van der Waals surface area contributed by atoms with E-state index in [0.29, 0.717) is 44.1 Å². The van der Waals surface area contributed by atoms with Crippen molar-refractivity contribution in [3.8, 4) is 0 Å². The van der Waals surface area contributed by atoms with Gasteiger partial charge in [0.15, 0.2) is 0 Å². The fraction of sp³-hybridized carbons (Fsp3) is 0.688. The van der Waals surface area contributed by atoms with Gasteiger partial charge in [-0.1, -0.05) is 12.8 Å². The summed E-state index contributed by atoms with van der Waals surface area (Å²) in [6.45, 7) is 3.50. The zero-order valence-corrected chi connectivity index (χ0v) is 13.7. The summed E-state index contributed by atoms with van der Waals surface area (Å²) in [7, 11) is 0. The maximum Gasteiger partial charge on any atom is 0.312 e. The fourth-order valence-electron chi connectivity index (χ4n) is 3.27. The van der Waals surface area contributed by atoms with E-state index in [0.717, 1.165) is 6.42 Å². The summed E-state index contributed by atoms with van der Waals surface area (Å²) in [5.74, 6) is 0.581. The molecule has 0 unspecified atom stereocenters. The molecule has 0 N–H and O–H groups in total. The molecule has 0 atom stereocenters. The lowest BCUT2D eigenvalue weighted by molar-refractivity contribution is -0.159. The van der Waals surface area contributed by atoms with Crippen LogP contribution < -0.4 is 0 Å². The second-order valence-corrected chi connectivity index (χ2v) is 7.03. The Hall–Kier alpha value is -1.43. The summed E-state index contributed by atoms with van der Waals surface area (Å²) >= 11 is 1.43. The molecule has 1 saturated heterocycles. The number of hydrogen-bond donors (Lipinski definition) is 0. The molecular weight excluding hydrogens is 300 g/mol. The predicted octanol–water partition coefficient (Wildman–Crippen LogP) is 2.73. The van der Waals surface area contributed by atoms with E-state index in [1.807, 2.05) is 11.8 Å². The Morgan fingerprint density at radius 2 is 2.14 bits per heavy atom. The predicted molar refractivity (Wildman–Crippen MR) is 83.7 cm³/mol. The highest BCUT2D eigenvalue weighted by Crippen LogP contribution is 2.46. The minimum Gasteiger partial charge on any atom is -0.466 e. The first kappa shape index (κ1) is 15.5. The van der Waals surface area contributed by atoms with Crippen LogP contribution in [0.3, 0.4) is 0 Å². The molecule has 5 nitrogen and oxygen atoms in total. The number of esters is 1. The number of piperidine rings is 1. The average Bonchev–Trinajstić information content (AvgIpc) is 3.17. The van der Waals surface area contributed by atoms with Gasteiger partial charge in [0.1, 0.15) is 5.69 Å². The van der Waals surface area contributed by atoms with Crippen molar-refractivity contribution in [1.29, 1.82) is 0 Å². The average molecular weight is 322 g/mol. The number of nitrogens with zero attached hydrogens (tertiary/aromatic N) is 2. The third-order valence-corrected chi connectivity index (χ3v) is 5.33. The third-order valence-electron chi connectivity index (χ3n) is 4.74. The maximum absolute atomic E-state index is 12.5. The highest BCUT2D eigenvalue weighted by atomic mass is 32.1. The van der Waals surface area contributed by atoms with Crippen molar-refractivity contribution < 1.29 is 14.3 Å². The Labute approximate surface area is 134 Å². The van der Waals surface area contributed by atoms with Crippen molar-refractivity contribution in [3.63, 3.8) is 0 Å². The highest BCUT2D eigenvalue weighted by molar-refractivity contribution is 7.07. The van der Waals surface area contributed by atoms with Gasteiger partial charge in [-0.25, -0.2) is 4.98 Å². The Morgan fingerprint density at radius 1 is 1.41 bits per heavy atom. The minimum absolute atomic E-state index is 0.0230. The van der Waals surface area contributed by atoms with Crippen LogP contribution in [0.15, 0.2) is 10.9 Å². The summed E-state index contributed by atoms with van der Waals surface area (Å²) in [5.41, 5.74) is 1.80. The topological polar surface area (TPSA) is 59.5 Å². The van der Waals surface area contributed by atoms with Gasteiger partial charge in [0.05, 0.1) is 17.5 Å². The van der Waals surface area contributed by atoms with Crippen LogP contribution >= 0.6 is 11.3 Å². The Morgan fingerprint density at radius 3 is 2.68 bits per heavy atom. The first-order valence-corrected chi connectivity index (χ1v) is 8.93. The van der Waals surface area contributed by atoms with E-state index in [4.69, 9.17) is 4.74 Å². The van der Waals surface area contributed by atoms with Crippen LogP contribution in [0.25, 0.3) is 0 Å². The smallest absolute Gasteiger partial charge is 0.312 e. The molecule has 6 heteroatoms. The van der Waals surface area contributed by atoms with E-state index in [2.05, 4.69) is 4.98 Å². The van der Waals surface area contributed by atoms with Crippen LogP contribution in [-0.2, 0) is 9.53 Å². The summed E-state index contributed by atoms with van der Waals surface area (Å²) in [4.78, 5) is 30.7. The summed E-state index contributed by atoms with van der Waals surface area (Å²) in [5, 5.41) is 1.78. The molecule has 1 aromatic heterocycles. The van der Waals surface area contributed by atoms with Crippen LogP contribution in [-0.4, -0.2) is 41.5 Å². The molecule has 0 bridgehead atoms. The Bertz CT molecular complexity index is 532. The number of carbonyl (C=O) groups is 2. The van der Waals surface area contributed by atoms with Gasteiger partial charge in [-0.2, -0.15) is 0 Å². The van der Waals surface area contributed by atoms with Crippen LogP contribution in [0.4, 0.5) is 0 Å². The number of thiazole rings is 1. The van der Waals surface area contributed by atoms with Crippen LogP contribution in [0, 0.1) is 11.3 Å². The minimum atomic E-state index is -0.379. The van der Waals surface area contributed by atoms with E-state index in [1.165, 1.54) is 24.2 Å². The molecule has 0 radical (unpaired) electrons. The molecule has 1 aliphatic heterocycles. The van der Waals surface area contributed by atoms with Gasteiger partial charge in [0, 0.05) is 18.5 Å². The van der Waals surface area contributed by atoms with Gasteiger partial charge in [-0.3, -0.25) is 9.59 Å². The maximum atomic E-state index is 12.5. The molecule has 1 amide bonds. The van der Waals surface area contributed by atoms with Crippen LogP contribution in [0.5, 0.6) is 0 Å². The number of rotatable bonds is 5. The van der Waals surface area contributed by atoms with Gasteiger partial charge in [0.25, 0.3) is 5.91 Å². The van der Waals surface area contributed by atoms with Crippen molar-refractivity contribution in [2.45, 2.75) is 39.0 Å². The van der Waals surface area contributed by atoms with E-state index in [9.17, 15) is 9.59 Å². The van der Waals surface area contributed by atoms with E-state index >= 15 is 0 Å². The zero-order valence-electron chi connectivity index (χ0n) is 12.9. The number of carbonyl (C=O) groups excluding carboxylic acids is 2. The summed E-state index contributed by atoms with van der Waals surface area (Å²) < 4.78 is 5.33. The van der Waals surface area contributed by atoms with Crippen LogP contribution in [0.2, 0.25) is 0 Å². The Balaban J connectivity index is 1.66. The van der Waals surface area contributed by atoms with Gasteiger partial charge in [-0.15, -0.1) is 11.3 Å². The molecule has 0 spiro atoms. The number of likely N-dealkylation sites (tertiary alicyclic amines) is 1. The van der Waals surface area contributed by atoms with E-state index in [-0.39, 0.29) is 17.3 Å². The Kier molecular flexibility index (Phi) is 4.47. The van der Waals surface area contributed by atoms with Gasteiger partial charge < -0.3 is 9.64 Å². The largest absolute Gasteiger partial charge is 0.466 e. The molecule has 0 aromatic carbocycles. The molecule has 1 saturated carbocycles. The van der Waals surface area contributed by atoms with E-state index in [1.54, 1.807) is 10.9 Å². The van der Waals surface area contributed by atoms with Crippen molar-refractivity contribution in [3.05, 3.63) is 16.6 Å². The van der Waals surface area contributed by atoms with Crippen molar-refractivity contribution in [1.82, 2.24) is 9.88 Å². The lowest BCUT2D eigenvalue weighted by atomic mass is 9.74. The summed E-state index contributed by atoms with van der Waals surface area (Å²) in [6.07, 6.45) is 4.78. The lowest BCUT2D eigenvalue weighted by Crippen LogP contribution is -2.47. The molecule has 1 aromatic rings. The molecule has 120 valence electrons. The molecule has 1 aliphatic carbocycles. The van der Waals surface area contributed by atoms with Gasteiger partial charge in [-0.05, 0) is 32.1 Å². The second-order valence-electron chi connectivity index (χ2n) is 6.31. The van der Waals surface area contributed by atoms with Crippen molar-refractivity contribution >= 4 is 23.2 Å². The SMILES string of the molecule is CCOC(=O)C1(CC2CC2)CCN(C(=O)c2cscn2)CC1. The molecular formula is C16H22N2O3S. The third kappa shape index (κ3) is 3.16. The number of ether oxygens (including phenoxy) is 1. The fourth-order valence-corrected chi connectivity index (χ4v) is 3.79. The number of aromatic nitrogens is 1. The monoisotopic (exact) mass is 322 g/mol.